The molecule has 0 saturated carbocycles. The Hall–Kier alpha value is -0.240. The van der Waals surface area contributed by atoms with E-state index < -0.39 is 0 Å². The molecule has 1 N–H and O–H groups in total. The van der Waals surface area contributed by atoms with E-state index in [4.69, 9.17) is 5.41 Å². The maximum Gasteiger partial charge on any atom is 0.0506 e. The van der Waals surface area contributed by atoms with Gasteiger partial charge in [0.25, 0.3) is 0 Å². The maximum absolute atomic E-state index is 6.84. The maximum atomic E-state index is 6.84. The Morgan fingerprint density at radius 3 is 2.75 bits per heavy atom. The van der Waals surface area contributed by atoms with Crippen LogP contribution in [-0.4, -0.2) is 11.3 Å². The van der Waals surface area contributed by atoms with Crippen molar-refractivity contribution < 1.29 is 0 Å². The van der Waals surface area contributed by atoms with Gasteiger partial charge in [-0.3, -0.25) is 0 Å². The van der Waals surface area contributed by atoms with Gasteiger partial charge < -0.3 is 5.41 Å². The van der Waals surface area contributed by atoms with Crippen LogP contribution in [0, 0.1) is 11.3 Å². The molecule has 1 nitrogen and oxygen atoms in total. The highest BCUT2D eigenvalue weighted by molar-refractivity contribution is 8.11. The molecule has 0 aliphatic carbocycles. The van der Waals surface area contributed by atoms with E-state index in [0.717, 1.165) is 18.1 Å². The van der Waals surface area contributed by atoms with Gasteiger partial charge in [0.2, 0.25) is 0 Å². The lowest BCUT2D eigenvalue weighted by Gasteiger charge is -2.05. The molecular formula is C10H19NS. The van der Waals surface area contributed by atoms with Crippen LogP contribution in [0.5, 0.6) is 0 Å². The van der Waals surface area contributed by atoms with Gasteiger partial charge in [-0.05, 0) is 30.9 Å². The average molecular weight is 185 g/mol. The zero-order chi connectivity index (χ0) is 9.23. The lowest BCUT2D eigenvalue weighted by molar-refractivity contribution is 0.577. The third kappa shape index (κ3) is 7.86. The second-order valence-corrected chi connectivity index (χ2v) is 3.98. The van der Waals surface area contributed by atoms with E-state index in [1.165, 1.54) is 18.4 Å². The average Bonchev–Trinajstić information content (AvgIpc) is 2.06. The van der Waals surface area contributed by atoms with Crippen molar-refractivity contribution in [2.24, 2.45) is 5.92 Å². The van der Waals surface area contributed by atoms with Gasteiger partial charge in [-0.1, -0.05) is 26.0 Å². The van der Waals surface area contributed by atoms with Crippen LogP contribution in [0.1, 0.15) is 33.1 Å². The van der Waals surface area contributed by atoms with Crippen molar-refractivity contribution in [3.63, 3.8) is 0 Å². The predicted molar refractivity (Wildman–Crippen MR) is 59.1 cm³/mol. The topological polar surface area (TPSA) is 23.9 Å². The molecule has 0 aromatic heterocycles. The van der Waals surface area contributed by atoms with Crippen LogP contribution in [0.15, 0.2) is 12.2 Å². The molecule has 0 saturated heterocycles. The van der Waals surface area contributed by atoms with Crippen molar-refractivity contribution in [1.82, 2.24) is 0 Å². The van der Waals surface area contributed by atoms with E-state index in [0.29, 0.717) is 0 Å². The monoisotopic (exact) mass is 185 g/mol. The number of hydrogen-bond donors (Lipinski definition) is 1. The highest BCUT2D eigenvalue weighted by Crippen LogP contribution is 2.11. The Kier molecular flexibility index (Phi) is 8.68. The molecule has 0 rings (SSSR count). The van der Waals surface area contributed by atoms with Gasteiger partial charge in [0.05, 0.1) is 5.55 Å². The Morgan fingerprint density at radius 1 is 1.42 bits per heavy atom. The van der Waals surface area contributed by atoms with Gasteiger partial charge in [0.1, 0.15) is 0 Å². The molecule has 0 radical (unpaired) electrons. The summed E-state index contributed by atoms with van der Waals surface area (Å²) in [6.07, 6.45) is 8.03. The summed E-state index contributed by atoms with van der Waals surface area (Å²) in [5, 5.41) is 6.84. The minimum absolute atomic E-state index is 0.764. The van der Waals surface area contributed by atoms with Crippen molar-refractivity contribution in [3.8, 4) is 0 Å². The van der Waals surface area contributed by atoms with Crippen LogP contribution in [0.2, 0.25) is 0 Å². The van der Waals surface area contributed by atoms with E-state index in [9.17, 15) is 0 Å². The molecule has 0 aliphatic rings. The van der Waals surface area contributed by atoms with Crippen LogP contribution < -0.4 is 0 Å². The Balaban J connectivity index is 3.26. The fourth-order valence-corrected chi connectivity index (χ4v) is 1.60. The highest BCUT2D eigenvalue weighted by Gasteiger charge is 1.97. The minimum Gasteiger partial charge on any atom is -0.302 e. The SMILES string of the molecule is CC/C=C\CC(C)CCSC=N. The zero-order valence-electron chi connectivity index (χ0n) is 8.05. The molecule has 1 unspecified atom stereocenters. The molecule has 0 amide bonds. The predicted octanol–water partition coefficient (Wildman–Crippen LogP) is 3.71. The summed E-state index contributed by atoms with van der Waals surface area (Å²) in [6.45, 7) is 4.43. The molecule has 0 fully saturated rings. The van der Waals surface area contributed by atoms with Crippen molar-refractivity contribution in [1.29, 1.82) is 5.41 Å². The molecule has 0 bridgehead atoms. The van der Waals surface area contributed by atoms with Gasteiger partial charge in [0, 0.05) is 0 Å². The first kappa shape index (κ1) is 11.8. The molecule has 1 atom stereocenters. The van der Waals surface area contributed by atoms with Crippen molar-refractivity contribution in [2.75, 3.05) is 5.75 Å². The van der Waals surface area contributed by atoms with E-state index >= 15 is 0 Å². The second kappa shape index (κ2) is 8.85. The summed E-state index contributed by atoms with van der Waals surface area (Å²) >= 11 is 1.59. The number of allylic oxidation sites excluding steroid dienone is 2. The third-order valence-electron chi connectivity index (χ3n) is 1.75. The summed E-state index contributed by atoms with van der Waals surface area (Å²) in [6, 6.07) is 0. The van der Waals surface area contributed by atoms with Crippen LogP contribution >= 0.6 is 11.8 Å². The summed E-state index contributed by atoms with van der Waals surface area (Å²) in [5.74, 6) is 1.85. The van der Waals surface area contributed by atoms with Crippen molar-refractivity contribution in [3.05, 3.63) is 12.2 Å². The number of nitrogens with one attached hydrogen (secondary N) is 1. The lowest BCUT2D eigenvalue weighted by Crippen LogP contribution is -1.94. The highest BCUT2D eigenvalue weighted by atomic mass is 32.2. The van der Waals surface area contributed by atoms with E-state index in [1.54, 1.807) is 11.8 Å². The molecule has 12 heavy (non-hydrogen) atoms. The summed E-state index contributed by atoms with van der Waals surface area (Å²) in [7, 11) is 0. The Morgan fingerprint density at radius 2 is 2.17 bits per heavy atom. The number of thioether (sulfide) groups is 1. The minimum atomic E-state index is 0.764. The largest absolute Gasteiger partial charge is 0.302 e. The Labute approximate surface area is 80.1 Å². The molecule has 0 aromatic carbocycles. The van der Waals surface area contributed by atoms with E-state index in [1.807, 2.05) is 0 Å². The summed E-state index contributed by atoms with van der Waals surface area (Å²) < 4.78 is 0. The zero-order valence-corrected chi connectivity index (χ0v) is 8.86. The molecular weight excluding hydrogens is 166 g/mol. The van der Waals surface area contributed by atoms with Crippen LogP contribution in [0.25, 0.3) is 0 Å². The lowest BCUT2D eigenvalue weighted by atomic mass is 10.1. The van der Waals surface area contributed by atoms with Crippen molar-refractivity contribution >= 4 is 17.3 Å². The number of rotatable bonds is 7. The molecule has 0 aromatic rings. The van der Waals surface area contributed by atoms with E-state index in [2.05, 4.69) is 26.0 Å². The first-order chi connectivity index (χ1) is 5.81. The molecule has 0 spiro atoms. The Bertz CT molecular complexity index is 132. The fourth-order valence-electron chi connectivity index (χ4n) is 0.941. The standard InChI is InChI=1S/C10H19NS/c1-3-4-5-6-10(2)7-8-12-9-11/h4-5,9-11H,3,6-8H2,1-2H3/b5-4-,11-9?. The first-order valence-electron chi connectivity index (χ1n) is 4.56. The molecule has 0 aliphatic heterocycles. The van der Waals surface area contributed by atoms with Crippen LogP contribution in [0.4, 0.5) is 0 Å². The van der Waals surface area contributed by atoms with Gasteiger partial charge in [-0.25, -0.2) is 0 Å². The quantitative estimate of drug-likeness (QED) is 0.278. The number of hydrogen-bond acceptors (Lipinski definition) is 2. The fraction of sp³-hybridized carbons (Fsp3) is 0.700. The summed E-state index contributed by atoms with van der Waals surface area (Å²) in [5.41, 5.74) is 1.43. The van der Waals surface area contributed by atoms with Gasteiger partial charge in [0.15, 0.2) is 0 Å². The van der Waals surface area contributed by atoms with Gasteiger partial charge in [-0.15, -0.1) is 11.8 Å². The van der Waals surface area contributed by atoms with Gasteiger partial charge in [-0.2, -0.15) is 0 Å². The molecule has 70 valence electrons. The van der Waals surface area contributed by atoms with Crippen LogP contribution in [-0.2, 0) is 0 Å². The molecule has 2 heteroatoms. The first-order valence-corrected chi connectivity index (χ1v) is 5.61. The second-order valence-electron chi connectivity index (χ2n) is 3.00. The van der Waals surface area contributed by atoms with Gasteiger partial charge >= 0.3 is 0 Å². The van der Waals surface area contributed by atoms with Crippen LogP contribution in [0.3, 0.4) is 0 Å². The van der Waals surface area contributed by atoms with E-state index in [-0.39, 0.29) is 0 Å². The normalized spacial score (nSPS) is 13.5. The third-order valence-corrected chi connectivity index (χ3v) is 2.39. The summed E-state index contributed by atoms with van der Waals surface area (Å²) in [4.78, 5) is 0. The molecule has 0 heterocycles. The van der Waals surface area contributed by atoms with Crippen molar-refractivity contribution in [2.45, 2.75) is 33.1 Å². The smallest absolute Gasteiger partial charge is 0.0506 e.